The Morgan fingerprint density at radius 3 is 2.92 bits per heavy atom. The first-order valence-corrected chi connectivity index (χ1v) is 9.76. The molecule has 0 aliphatic heterocycles. The molecule has 26 heavy (non-hydrogen) atoms. The summed E-state index contributed by atoms with van der Waals surface area (Å²) >= 11 is 7.46. The van der Waals surface area contributed by atoms with Crippen LogP contribution < -0.4 is 10.9 Å². The minimum Gasteiger partial charge on any atom is -0.325 e. The third-order valence-corrected chi connectivity index (χ3v) is 6.14. The van der Waals surface area contributed by atoms with Crippen molar-refractivity contribution in [3.63, 3.8) is 0 Å². The van der Waals surface area contributed by atoms with E-state index in [2.05, 4.69) is 17.2 Å². The number of aromatic nitrogens is 2. The minimum absolute atomic E-state index is 0.0641. The molecule has 2 aromatic heterocycles. The normalized spacial score (nSPS) is 16.5. The molecule has 1 N–H and O–H groups in total. The molecule has 134 valence electrons. The lowest BCUT2D eigenvalue weighted by molar-refractivity contribution is -0.116. The van der Waals surface area contributed by atoms with Crippen LogP contribution in [0.15, 0.2) is 35.4 Å². The first-order chi connectivity index (χ1) is 12.5. The van der Waals surface area contributed by atoms with E-state index < -0.39 is 0 Å². The number of carbonyl (C=O) groups is 1. The summed E-state index contributed by atoms with van der Waals surface area (Å²) in [6.07, 6.45) is 4.48. The molecule has 1 aliphatic carbocycles. The smallest absolute Gasteiger partial charge is 0.262 e. The molecule has 7 heteroatoms. The Morgan fingerprint density at radius 1 is 1.38 bits per heavy atom. The lowest BCUT2D eigenvalue weighted by Gasteiger charge is -2.17. The summed E-state index contributed by atoms with van der Waals surface area (Å²) < 4.78 is 1.39. The maximum absolute atomic E-state index is 12.9. The Hall–Kier alpha value is -2.18. The number of amides is 1. The molecule has 1 atom stereocenters. The average molecular weight is 388 g/mol. The Kier molecular flexibility index (Phi) is 4.54. The molecular weight excluding hydrogens is 370 g/mol. The number of nitrogens with zero attached hydrogens (tertiary/aromatic N) is 2. The monoisotopic (exact) mass is 387 g/mol. The zero-order valence-corrected chi connectivity index (χ0v) is 15.9. The Bertz CT molecular complexity index is 1040. The van der Waals surface area contributed by atoms with Crippen molar-refractivity contribution in [1.29, 1.82) is 0 Å². The minimum atomic E-state index is -0.270. The van der Waals surface area contributed by atoms with E-state index in [9.17, 15) is 9.59 Å². The van der Waals surface area contributed by atoms with Crippen molar-refractivity contribution in [3.05, 3.63) is 56.4 Å². The molecule has 1 amide bonds. The molecule has 1 aromatic carbocycles. The molecule has 4 rings (SSSR count). The first-order valence-electron chi connectivity index (χ1n) is 8.56. The zero-order chi connectivity index (χ0) is 18.3. The van der Waals surface area contributed by atoms with Crippen LogP contribution in [0.3, 0.4) is 0 Å². The number of rotatable bonds is 3. The number of aryl methyl sites for hydroxylation is 1. The Balaban J connectivity index is 1.61. The van der Waals surface area contributed by atoms with E-state index in [1.807, 2.05) is 0 Å². The standard InChI is InChI=1S/C19H18ClN3O2S/c1-11-2-7-14-15(8-11)26-18-17(14)19(25)23(10-21-18)9-16(24)22-13-5-3-12(20)4-6-13/h3-6,10-11H,2,7-9H2,1H3,(H,22,24). The van der Waals surface area contributed by atoms with Crippen molar-refractivity contribution in [3.8, 4) is 0 Å². The summed E-state index contributed by atoms with van der Waals surface area (Å²) in [5.74, 6) is 0.372. The molecule has 0 fully saturated rings. The van der Waals surface area contributed by atoms with E-state index in [1.165, 1.54) is 15.8 Å². The van der Waals surface area contributed by atoms with Crippen LogP contribution >= 0.6 is 22.9 Å². The number of nitrogens with one attached hydrogen (secondary N) is 1. The molecule has 1 unspecified atom stereocenters. The van der Waals surface area contributed by atoms with Crippen molar-refractivity contribution >= 4 is 44.7 Å². The Morgan fingerprint density at radius 2 is 2.15 bits per heavy atom. The molecule has 0 saturated carbocycles. The van der Waals surface area contributed by atoms with Crippen molar-refractivity contribution in [2.24, 2.45) is 5.92 Å². The van der Waals surface area contributed by atoms with Gasteiger partial charge in [-0.05, 0) is 55.0 Å². The lowest BCUT2D eigenvalue weighted by atomic mass is 9.89. The highest BCUT2D eigenvalue weighted by Crippen LogP contribution is 2.35. The van der Waals surface area contributed by atoms with Gasteiger partial charge in [0.15, 0.2) is 0 Å². The molecule has 5 nitrogen and oxygen atoms in total. The van der Waals surface area contributed by atoms with E-state index >= 15 is 0 Å². The van der Waals surface area contributed by atoms with E-state index in [4.69, 9.17) is 11.6 Å². The predicted molar refractivity (Wildman–Crippen MR) is 105 cm³/mol. The van der Waals surface area contributed by atoms with Gasteiger partial charge in [0.2, 0.25) is 5.91 Å². The van der Waals surface area contributed by atoms with E-state index in [1.54, 1.807) is 35.6 Å². The summed E-state index contributed by atoms with van der Waals surface area (Å²) in [4.78, 5) is 31.7. The van der Waals surface area contributed by atoms with E-state index in [0.29, 0.717) is 22.0 Å². The summed E-state index contributed by atoms with van der Waals surface area (Å²) in [6.45, 7) is 2.17. The van der Waals surface area contributed by atoms with Crippen LogP contribution in [0.2, 0.25) is 5.02 Å². The van der Waals surface area contributed by atoms with E-state index in [0.717, 1.165) is 29.7 Å². The number of carbonyl (C=O) groups excluding carboxylic acids is 1. The number of anilines is 1. The fourth-order valence-corrected chi connectivity index (χ4v) is 4.83. The highest BCUT2D eigenvalue weighted by molar-refractivity contribution is 7.18. The third-order valence-electron chi connectivity index (χ3n) is 4.72. The number of benzene rings is 1. The molecule has 3 aromatic rings. The second-order valence-electron chi connectivity index (χ2n) is 6.76. The van der Waals surface area contributed by atoms with Gasteiger partial charge in [-0.3, -0.25) is 14.2 Å². The third kappa shape index (κ3) is 3.27. The topological polar surface area (TPSA) is 64.0 Å². The van der Waals surface area contributed by atoms with Crippen LogP contribution in [-0.2, 0) is 24.2 Å². The molecule has 0 radical (unpaired) electrons. The van der Waals surface area contributed by atoms with Gasteiger partial charge in [-0.25, -0.2) is 4.98 Å². The molecule has 0 spiro atoms. The predicted octanol–water partition coefficient (Wildman–Crippen LogP) is 3.87. The van der Waals surface area contributed by atoms with Crippen LogP contribution in [-0.4, -0.2) is 15.5 Å². The maximum Gasteiger partial charge on any atom is 0.262 e. The van der Waals surface area contributed by atoms with E-state index in [-0.39, 0.29) is 18.0 Å². The molecule has 2 heterocycles. The van der Waals surface area contributed by atoms with Crippen LogP contribution in [0.25, 0.3) is 10.2 Å². The number of hydrogen-bond acceptors (Lipinski definition) is 4. The van der Waals surface area contributed by atoms with Gasteiger partial charge in [0.05, 0.1) is 11.7 Å². The fraction of sp³-hybridized carbons (Fsp3) is 0.316. The highest BCUT2D eigenvalue weighted by Gasteiger charge is 2.23. The summed E-state index contributed by atoms with van der Waals surface area (Å²) in [5, 5.41) is 4.07. The van der Waals surface area contributed by atoms with Crippen molar-refractivity contribution in [1.82, 2.24) is 9.55 Å². The van der Waals surface area contributed by atoms with Gasteiger partial charge in [-0.2, -0.15) is 0 Å². The van der Waals surface area contributed by atoms with Crippen LogP contribution in [0.4, 0.5) is 5.69 Å². The quantitative estimate of drug-likeness (QED) is 0.741. The first kappa shape index (κ1) is 17.2. The number of fused-ring (bicyclic) bond motifs is 3. The summed E-state index contributed by atoms with van der Waals surface area (Å²) in [5.41, 5.74) is 1.64. The van der Waals surface area contributed by atoms with Crippen molar-refractivity contribution in [2.45, 2.75) is 32.7 Å². The molecular formula is C19H18ClN3O2S. The fourth-order valence-electron chi connectivity index (χ4n) is 3.37. The number of hydrogen-bond donors (Lipinski definition) is 1. The Labute approximate surface area is 159 Å². The second kappa shape index (κ2) is 6.85. The van der Waals surface area contributed by atoms with Crippen LogP contribution in [0, 0.1) is 5.92 Å². The number of thiophene rings is 1. The van der Waals surface area contributed by atoms with Gasteiger partial charge in [-0.1, -0.05) is 18.5 Å². The van der Waals surface area contributed by atoms with Gasteiger partial charge in [-0.15, -0.1) is 11.3 Å². The zero-order valence-electron chi connectivity index (χ0n) is 14.3. The lowest BCUT2D eigenvalue weighted by Crippen LogP contribution is -2.28. The summed E-state index contributed by atoms with van der Waals surface area (Å²) in [6, 6.07) is 6.85. The molecule has 1 aliphatic rings. The molecule has 0 saturated heterocycles. The van der Waals surface area contributed by atoms with Gasteiger partial charge in [0, 0.05) is 15.6 Å². The van der Waals surface area contributed by atoms with Crippen LogP contribution in [0.1, 0.15) is 23.8 Å². The van der Waals surface area contributed by atoms with Crippen molar-refractivity contribution < 1.29 is 4.79 Å². The van der Waals surface area contributed by atoms with Crippen LogP contribution in [0.5, 0.6) is 0 Å². The van der Waals surface area contributed by atoms with Gasteiger partial charge < -0.3 is 5.32 Å². The van der Waals surface area contributed by atoms with Gasteiger partial charge >= 0.3 is 0 Å². The maximum atomic E-state index is 12.9. The van der Waals surface area contributed by atoms with Crippen molar-refractivity contribution in [2.75, 3.05) is 5.32 Å². The number of halogens is 1. The average Bonchev–Trinajstić information content (AvgIpc) is 2.97. The molecule has 0 bridgehead atoms. The SMILES string of the molecule is CC1CCc2c(sc3ncn(CC(=O)Nc4ccc(Cl)cc4)c(=O)c23)C1. The summed E-state index contributed by atoms with van der Waals surface area (Å²) in [7, 11) is 0. The highest BCUT2D eigenvalue weighted by atomic mass is 35.5. The second-order valence-corrected chi connectivity index (χ2v) is 8.28. The van der Waals surface area contributed by atoms with Gasteiger partial charge in [0.25, 0.3) is 5.56 Å². The van der Waals surface area contributed by atoms with Gasteiger partial charge in [0.1, 0.15) is 11.4 Å². The largest absolute Gasteiger partial charge is 0.325 e.